The molecule has 0 spiro atoms. The maximum Gasteiger partial charge on any atom is 0.144 e. The van der Waals surface area contributed by atoms with Gasteiger partial charge in [-0.05, 0) is 22.4 Å². The van der Waals surface area contributed by atoms with E-state index in [1.54, 1.807) is 0 Å². The second-order valence-corrected chi connectivity index (χ2v) is 4.06. The predicted molar refractivity (Wildman–Crippen MR) is 60.5 cm³/mol. The maximum absolute atomic E-state index is 5.13. The SMILES string of the molecule is CCCc1[nH]c(CC)nc(=S)c1Br. The molecule has 0 bridgehead atoms. The summed E-state index contributed by atoms with van der Waals surface area (Å²) < 4.78 is 1.61. The minimum Gasteiger partial charge on any atom is -0.346 e. The summed E-state index contributed by atoms with van der Waals surface area (Å²) in [6, 6.07) is 0. The molecule has 0 aliphatic heterocycles. The van der Waals surface area contributed by atoms with Crippen molar-refractivity contribution in [2.75, 3.05) is 0 Å². The molecule has 72 valence electrons. The van der Waals surface area contributed by atoms with Crippen LogP contribution in [0.15, 0.2) is 4.47 Å². The van der Waals surface area contributed by atoms with Crippen LogP contribution in [0.3, 0.4) is 0 Å². The molecule has 0 aliphatic rings. The lowest BCUT2D eigenvalue weighted by Gasteiger charge is -2.05. The lowest BCUT2D eigenvalue weighted by Crippen LogP contribution is -2.00. The Hall–Kier alpha value is -0.220. The fraction of sp³-hybridized carbons (Fsp3) is 0.556. The third kappa shape index (κ3) is 2.61. The van der Waals surface area contributed by atoms with Crippen molar-refractivity contribution >= 4 is 28.1 Å². The largest absolute Gasteiger partial charge is 0.346 e. The zero-order chi connectivity index (χ0) is 9.84. The number of aryl methyl sites for hydroxylation is 2. The second-order valence-electron chi connectivity index (χ2n) is 2.88. The Morgan fingerprint density at radius 3 is 2.69 bits per heavy atom. The molecule has 0 unspecified atom stereocenters. The molecule has 2 nitrogen and oxygen atoms in total. The van der Waals surface area contributed by atoms with Gasteiger partial charge in [-0.3, -0.25) is 0 Å². The lowest BCUT2D eigenvalue weighted by atomic mass is 10.2. The van der Waals surface area contributed by atoms with Gasteiger partial charge in [-0.15, -0.1) is 0 Å². The smallest absolute Gasteiger partial charge is 0.144 e. The highest BCUT2D eigenvalue weighted by molar-refractivity contribution is 9.10. The van der Waals surface area contributed by atoms with Gasteiger partial charge in [-0.2, -0.15) is 0 Å². The van der Waals surface area contributed by atoms with E-state index in [4.69, 9.17) is 12.2 Å². The maximum atomic E-state index is 5.13. The first kappa shape index (κ1) is 10.9. The first-order valence-electron chi connectivity index (χ1n) is 4.46. The van der Waals surface area contributed by atoms with Crippen LogP contribution in [0.25, 0.3) is 0 Å². The molecular formula is C9H13BrN2S. The highest BCUT2D eigenvalue weighted by Crippen LogP contribution is 2.17. The summed E-state index contributed by atoms with van der Waals surface area (Å²) in [6.45, 7) is 4.21. The fourth-order valence-electron chi connectivity index (χ4n) is 1.15. The van der Waals surface area contributed by atoms with Crippen molar-refractivity contribution in [2.24, 2.45) is 0 Å². The number of nitrogens with zero attached hydrogens (tertiary/aromatic N) is 1. The molecule has 1 rings (SSSR count). The summed E-state index contributed by atoms with van der Waals surface area (Å²) in [4.78, 5) is 7.53. The Morgan fingerprint density at radius 2 is 2.15 bits per heavy atom. The van der Waals surface area contributed by atoms with E-state index < -0.39 is 0 Å². The van der Waals surface area contributed by atoms with Gasteiger partial charge in [0.1, 0.15) is 10.5 Å². The second kappa shape index (κ2) is 4.86. The zero-order valence-corrected chi connectivity index (χ0v) is 10.3. The number of nitrogens with one attached hydrogen (secondary N) is 1. The van der Waals surface area contributed by atoms with Gasteiger partial charge < -0.3 is 4.98 Å². The molecule has 13 heavy (non-hydrogen) atoms. The van der Waals surface area contributed by atoms with Crippen molar-refractivity contribution in [3.8, 4) is 0 Å². The van der Waals surface area contributed by atoms with Crippen LogP contribution in [0.5, 0.6) is 0 Å². The summed E-state index contributed by atoms with van der Waals surface area (Å²) in [5, 5.41) is 0. The van der Waals surface area contributed by atoms with E-state index in [0.29, 0.717) is 4.64 Å². The van der Waals surface area contributed by atoms with E-state index in [-0.39, 0.29) is 0 Å². The van der Waals surface area contributed by atoms with Crippen LogP contribution in [0.1, 0.15) is 31.8 Å². The molecule has 0 radical (unpaired) electrons. The van der Waals surface area contributed by atoms with Crippen LogP contribution >= 0.6 is 28.1 Å². The van der Waals surface area contributed by atoms with Gasteiger partial charge in [0.15, 0.2) is 0 Å². The average molecular weight is 261 g/mol. The van der Waals surface area contributed by atoms with Gasteiger partial charge in [0.2, 0.25) is 0 Å². The van der Waals surface area contributed by atoms with Crippen LogP contribution in [0.2, 0.25) is 0 Å². The van der Waals surface area contributed by atoms with Crippen molar-refractivity contribution in [3.05, 3.63) is 20.6 Å². The molecule has 1 N–H and O–H groups in total. The normalized spacial score (nSPS) is 10.4. The summed E-state index contributed by atoms with van der Waals surface area (Å²) >= 11 is 8.58. The fourth-order valence-corrected chi connectivity index (χ4v) is 1.77. The Morgan fingerprint density at radius 1 is 1.46 bits per heavy atom. The van der Waals surface area contributed by atoms with Crippen LogP contribution in [0, 0.1) is 4.64 Å². The Bertz CT molecular complexity index is 346. The zero-order valence-electron chi connectivity index (χ0n) is 7.85. The minimum atomic E-state index is 0.666. The predicted octanol–water partition coefficient (Wildman–Crippen LogP) is 3.42. The van der Waals surface area contributed by atoms with Crippen molar-refractivity contribution < 1.29 is 0 Å². The first-order chi connectivity index (χ1) is 6.19. The van der Waals surface area contributed by atoms with Crippen molar-refractivity contribution in [1.29, 1.82) is 0 Å². The molecule has 1 aromatic rings. The summed E-state index contributed by atoms with van der Waals surface area (Å²) in [5.74, 6) is 0.969. The first-order valence-corrected chi connectivity index (χ1v) is 5.66. The summed E-state index contributed by atoms with van der Waals surface area (Å²) in [6.07, 6.45) is 3.02. The Labute approximate surface area is 91.9 Å². The Kier molecular flexibility index (Phi) is 4.06. The van der Waals surface area contributed by atoms with Gasteiger partial charge in [-0.1, -0.05) is 32.5 Å². The van der Waals surface area contributed by atoms with Crippen molar-refractivity contribution in [1.82, 2.24) is 9.97 Å². The topological polar surface area (TPSA) is 28.7 Å². The Balaban J connectivity index is 3.17. The highest BCUT2D eigenvalue weighted by Gasteiger charge is 2.03. The van der Waals surface area contributed by atoms with Gasteiger partial charge in [0.05, 0.1) is 4.47 Å². The van der Waals surface area contributed by atoms with E-state index >= 15 is 0 Å². The molecular weight excluding hydrogens is 248 g/mol. The molecule has 0 fully saturated rings. The third-order valence-electron chi connectivity index (χ3n) is 1.82. The van der Waals surface area contributed by atoms with Gasteiger partial charge in [0.25, 0.3) is 0 Å². The molecule has 0 aliphatic carbocycles. The molecule has 0 saturated carbocycles. The molecule has 1 heterocycles. The molecule has 0 aromatic carbocycles. The number of halogens is 1. The lowest BCUT2D eigenvalue weighted by molar-refractivity contribution is 0.822. The van der Waals surface area contributed by atoms with E-state index in [0.717, 1.165) is 29.6 Å². The van der Waals surface area contributed by atoms with E-state index in [2.05, 4.69) is 39.7 Å². The van der Waals surface area contributed by atoms with Crippen LogP contribution < -0.4 is 0 Å². The number of aromatic nitrogens is 2. The van der Waals surface area contributed by atoms with Crippen LogP contribution in [-0.2, 0) is 12.8 Å². The molecule has 1 aromatic heterocycles. The van der Waals surface area contributed by atoms with E-state index in [1.165, 1.54) is 5.69 Å². The van der Waals surface area contributed by atoms with Gasteiger partial charge >= 0.3 is 0 Å². The highest BCUT2D eigenvalue weighted by atomic mass is 79.9. The number of hydrogen-bond acceptors (Lipinski definition) is 2. The third-order valence-corrected chi connectivity index (χ3v) is 3.23. The number of aromatic amines is 1. The van der Waals surface area contributed by atoms with Crippen molar-refractivity contribution in [2.45, 2.75) is 33.1 Å². The minimum absolute atomic E-state index is 0.666. The number of hydrogen-bond donors (Lipinski definition) is 1. The molecule has 0 atom stereocenters. The van der Waals surface area contributed by atoms with Crippen molar-refractivity contribution in [3.63, 3.8) is 0 Å². The monoisotopic (exact) mass is 260 g/mol. The standard InChI is InChI=1S/C9H13BrN2S/c1-3-5-6-8(10)9(13)12-7(4-2)11-6/h3-5H2,1-2H3,(H,11,12,13). The quantitative estimate of drug-likeness (QED) is 0.844. The van der Waals surface area contributed by atoms with Crippen LogP contribution in [0.4, 0.5) is 0 Å². The average Bonchev–Trinajstić information content (AvgIpc) is 2.13. The molecule has 0 amide bonds. The van der Waals surface area contributed by atoms with Crippen LogP contribution in [-0.4, -0.2) is 9.97 Å². The number of rotatable bonds is 3. The summed E-state index contributed by atoms with van der Waals surface area (Å²) in [5.41, 5.74) is 1.17. The summed E-state index contributed by atoms with van der Waals surface area (Å²) in [7, 11) is 0. The molecule has 0 saturated heterocycles. The van der Waals surface area contributed by atoms with Gasteiger partial charge in [-0.25, -0.2) is 4.98 Å². The van der Waals surface area contributed by atoms with Gasteiger partial charge in [0, 0.05) is 12.1 Å². The van der Waals surface area contributed by atoms with E-state index in [9.17, 15) is 0 Å². The number of H-pyrrole nitrogens is 1. The van der Waals surface area contributed by atoms with E-state index in [1.807, 2.05) is 0 Å². The molecule has 4 heteroatoms.